The van der Waals surface area contributed by atoms with Crippen molar-refractivity contribution in [2.75, 3.05) is 24.6 Å². The molecule has 1 aromatic carbocycles. The van der Waals surface area contributed by atoms with Gasteiger partial charge in [0.1, 0.15) is 17.2 Å². The van der Waals surface area contributed by atoms with E-state index >= 15 is 0 Å². The molecule has 0 aliphatic carbocycles. The number of hydrogen-bond donors (Lipinski definition) is 1. The first-order valence-corrected chi connectivity index (χ1v) is 10.3. The van der Waals surface area contributed by atoms with E-state index in [1.165, 1.54) is 12.1 Å². The summed E-state index contributed by atoms with van der Waals surface area (Å²) in [5, 5.41) is 10.2. The minimum absolute atomic E-state index is 0.0520. The van der Waals surface area contributed by atoms with Crippen LogP contribution in [0.15, 0.2) is 24.3 Å². The average Bonchev–Trinajstić information content (AvgIpc) is 2.73. The summed E-state index contributed by atoms with van der Waals surface area (Å²) in [6.45, 7) is 7.40. The SMILES string of the molecule is CCOC(=O)c1c(N2CCCCC2)nc(C(C)C)c(CO)c1-c1ccc(F)cc1. The third-order valence-corrected chi connectivity index (χ3v) is 5.28. The Morgan fingerprint density at radius 1 is 1.21 bits per heavy atom. The highest BCUT2D eigenvalue weighted by Gasteiger charge is 2.30. The van der Waals surface area contributed by atoms with E-state index in [9.17, 15) is 14.3 Å². The summed E-state index contributed by atoms with van der Waals surface area (Å²) in [6.07, 6.45) is 3.23. The Hall–Kier alpha value is -2.47. The molecule has 1 fully saturated rings. The number of carbonyl (C=O) groups is 1. The topological polar surface area (TPSA) is 62.7 Å². The normalized spacial score (nSPS) is 14.3. The fourth-order valence-corrected chi connectivity index (χ4v) is 3.93. The third-order valence-electron chi connectivity index (χ3n) is 5.28. The smallest absolute Gasteiger partial charge is 0.342 e. The van der Waals surface area contributed by atoms with Gasteiger partial charge in [-0.25, -0.2) is 14.2 Å². The van der Waals surface area contributed by atoms with Crippen molar-refractivity contribution in [3.05, 3.63) is 46.9 Å². The number of esters is 1. The Kier molecular flexibility index (Phi) is 6.85. The first-order chi connectivity index (χ1) is 14.0. The van der Waals surface area contributed by atoms with Crippen molar-refractivity contribution in [2.24, 2.45) is 0 Å². The number of nitrogens with zero attached hydrogens (tertiary/aromatic N) is 2. The van der Waals surface area contributed by atoms with Crippen LogP contribution in [0.2, 0.25) is 0 Å². The molecule has 2 heterocycles. The summed E-state index contributed by atoms with van der Waals surface area (Å²) in [6, 6.07) is 6.00. The van der Waals surface area contributed by atoms with Crippen LogP contribution < -0.4 is 4.90 Å². The van der Waals surface area contributed by atoms with Crippen LogP contribution in [0.25, 0.3) is 11.1 Å². The Bertz CT molecular complexity index is 859. The molecule has 1 aromatic heterocycles. The number of anilines is 1. The number of ether oxygens (including phenoxy) is 1. The molecular weight excluding hydrogens is 371 g/mol. The fraction of sp³-hybridized carbons (Fsp3) is 0.478. The predicted molar refractivity (Wildman–Crippen MR) is 112 cm³/mol. The van der Waals surface area contributed by atoms with Crippen LogP contribution in [0.3, 0.4) is 0 Å². The van der Waals surface area contributed by atoms with Gasteiger partial charge in [-0.15, -0.1) is 0 Å². The lowest BCUT2D eigenvalue weighted by Gasteiger charge is -2.31. The second-order valence-corrected chi connectivity index (χ2v) is 7.64. The number of carbonyl (C=O) groups excluding carboxylic acids is 1. The fourth-order valence-electron chi connectivity index (χ4n) is 3.93. The highest BCUT2D eigenvalue weighted by atomic mass is 19.1. The molecule has 2 aromatic rings. The molecule has 0 unspecified atom stereocenters. The van der Waals surface area contributed by atoms with Gasteiger partial charge >= 0.3 is 5.97 Å². The van der Waals surface area contributed by atoms with E-state index in [-0.39, 0.29) is 24.9 Å². The quantitative estimate of drug-likeness (QED) is 0.714. The minimum atomic E-state index is -0.468. The molecule has 1 N–H and O–H groups in total. The largest absolute Gasteiger partial charge is 0.462 e. The van der Waals surface area contributed by atoms with Crippen molar-refractivity contribution in [1.29, 1.82) is 0 Å². The van der Waals surface area contributed by atoms with Crippen LogP contribution in [0.4, 0.5) is 10.2 Å². The van der Waals surface area contributed by atoms with Crippen molar-refractivity contribution in [1.82, 2.24) is 4.98 Å². The number of rotatable bonds is 6. The van der Waals surface area contributed by atoms with Crippen LogP contribution in [-0.2, 0) is 11.3 Å². The predicted octanol–water partition coefficient (Wildman–Crippen LogP) is 4.67. The van der Waals surface area contributed by atoms with E-state index in [0.29, 0.717) is 28.1 Å². The van der Waals surface area contributed by atoms with Crippen LogP contribution >= 0.6 is 0 Å². The number of halogens is 1. The van der Waals surface area contributed by atoms with Gasteiger partial charge in [-0.2, -0.15) is 0 Å². The second kappa shape index (κ2) is 9.35. The van der Waals surface area contributed by atoms with Gasteiger partial charge in [0.25, 0.3) is 0 Å². The van der Waals surface area contributed by atoms with Crippen LogP contribution in [0.1, 0.15) is 67.6 Å². The number of aliphatic hydroxyl groups is 1. The van der Waals surface area contributed by atoms with Gasteiger partial charge in [0.05, 0.1) is 18.9 Å². The van der Waals surface area contributed by atoms with E-state index in [1.54, 1.807) is 19.1 Å². The molecule has 0 spiro atoms. The van der Waals surface area contributed by atoms with Crippen LogP contribution in [-0.4, -0.2) is 35.8 Å². The van der Waals surface area contributed by atoms with Crippen molar-refractivity contribution >= 4 is 11.8 Å². The van der Waals surface area contributed by atoms with E-state index in [1.807, 2.05) is 13.8 Å². The zero-order valence-electron chi connectivity index (χ0n) is 17.4. The standard InChI is InChI=1S/C23H29FN2O3/c1-4-29-23(28)20-19(16-8-10-17(24)11-9-16)18(14-27)21(15(2)3)25-22(20)26-12-6-5-7-13-26/h8-11,15,27H,4-7,12-14H2,1-3H3. The molecule has 6 heteroatoms. The summed E-state index contributed by atoms with van der Waals surface area (Å²) >= 11 is 0. The van der Waals surface area contributed by atoms with E-state index in [2.05, 4.69) is 4.90 Å². The molecule has 0 bridgehead atoms. The summed E-state index contributed by atoms with van der Waals surface area (Å²) in [4.78, 5) is 20.1. The van der Waals surface area contributed by atoms with Gasteiger partial charge < -0.3 is 14.7 Å². The first kappa shape index (κ1) is 21.2. The van der Waals surface area contributed by atoms with Gasteiger partial charge in [0, 0.05) is 24.2 Å². The number of aliphatic hydroxyl groups excluding tert-OH is 1. The summed E-state index contributed by atoms with van der Waals surface area (Å²) in [5.41, 5.74) is 2.95. The minimum Gasteiger partial charge on any atom is -0.462 e. The molecule has 1 aliphatic heterocycles. The molecule has 29 heavy (non-hydrogen) atoms. The molecule has 5 nitrogen and oxygen atoms in total. The summed E-state index contributed by atoms with van der Waals surface area (Å²) < 4.78 is 19.0. The Morgan fingerprint density at radius 2 is 1.86 bits per heavy atom. The summed E-state index contributed by atoms with van der Waals surface area (Å²) in [7, 11) is 0. The molecule has 1 saturated heterocycles. The number of aromatic nitrogens is 1. The Balaban J connectivity index is 2.35. The third kappa shape index (κ3) is 4.42. The number of benzene rings is 1. The van der Waals surface area contributed by atoms with Gasteiger partial charge in [0.2, 0.25) is 0 Å². The monoisotopic (exact) mass is 400 g/mol. The van der Waals surface area contributed by atoms with Crippen molar-refractivity contribution in [2.45, 2.75) is 52.6 Å². The lowest BCUT2D eigenvalue weighted by Crippen LogP contribution is -2.33. The molecule has 1 aliphatic rings. The summed E-state index contributed by atoms with van der Waals surface area (Å²) in [5.74, 6) is -0.171. The highest BCUT2D eigenvalue weighted by Crippen LogP contribution is 2.38. The van der Waals surface area contributed by atoms with Gasteiger partial charge in [-0.05, 0) is 49.8 Å². The molecular formula is C23H29FN2O3. The Morgan fingerprint density at radius 3 is 2.41 bits per heavy atom. The highest BCUT2D eigenvalue weighted by molar-refractivity contribution is 6.03. The molecule has 0 amide bonds. The lowest BCUT2D eigenvalue weighted by atomic mass is 9.90. The van der Waals surface area contributed by atoms with Gasteiger partial charge in [-0.1, -0.05) is 26.0 Å². The molecule has 0 atom stereocenters. The van der Waals surface area contributed by atoms with E-state index in [4.69, 9.17) is 9.72 Å². The van der Waals surface area contributed by atoms with Gasteiger partial charge in [0.15, 0.2) is 0 Å². The number of piperidine rings is 1. The Labute approximate surface area is 171 Å². The maximum Gasteiger partial charge on any atom is 0.342 e. The van der Waals surface area contributed by atoms with Crippen LogP contribution in [0, 0.1) is 5.82 Å². The average molecular weight is 400 g/mol. The van der Waals surface area contributed by atoms with Gasteiger partial charge in [-0.3, -0.25) is 0 Å². The zero-order valence-corrected chi connectivity index (χ0v) is 17.4. The van der Waals surface area contributed by atoms with E-state index < -0.39 is 5.97 Å². The van der Waals surface area contributed by atoms with Crippen molar-refractivity contribution in [3.63, 3.8) is 0 Å². The lowest BCUT2D eigenvalue weighted by molar-refractivity contribution is 0.0527. The molecule has 3 rings (SSSR count). The number of hydrogen-bond acceptors (Lipinski definition) is 5. The second-order valence-electron chi connectivity index (χ2n) is 7.64. The number of pyridine rings is 1. The van der Waals surface area contributed by atoms with Crippen molar-refractivity contribution in [3.8, 4) is 11.1 Å². The molecule has 0 saturated carbocycles. The zero-order chi connectivity index (χ0) is 21.0. The molecule has 156 valence electrons. The maximum absolute atomic E-state index is 13.6. The van der Waals surface area contributed by atoms with E-state index in [0.717, 1.165) is 38.0 Å². The van der Waals surface area contributed by atoms with Crippen LogP contribution in [0.5, 0.6) is 0 Å². The van der Waals surface area contributed by atoms with Crippen molar-refractivity contribution < 1.29 is 19.0 Å². The molecule has 0 radical (unpaired) electrons. The first-order valence-electron chi connectivity index (χ1n) is 10.3. The maximum atomic E-state index is 13.6.